The Labute approximate surface area is 140 Å². The maximum Gasteiger partial charge on any atom is 0.387 e. The molecule has 1 unspecified atom stereocenters. The zero-order valence-corrected chi connectivity index (χ0v) is 14.5. The Hall–Kier alpha value is -1.30. The van der Waals surface area contributed by atoms with Crippen molar-refractivity contribution < 1.29 is 18.3 Å². The molecule has 128 valence electrons. The highest BCUT2D eigenvalue weighted by atomic mass is 32.2. The van der Waals surface area contributed by atoms with Crippen molar-refractivity contribution in [2.45, 2.75) is 57.4 Å². The van der Waals surface area contributed by atoms with Gasteiger partial charge < -0.3 is 10.1 Å². The van der Waals surface area contributed by atoms with Crippen LogP contribution >= 0.6 is 11.8 Å². The molecule has 1 aliphatic carbocycles. The number of nitrogens with one attached hydrogen (secondary N) is 1. The number of halogens is 2. The first-order valence-electron chi connectivity index (χ1n) is 7.75. The van der Waals surface area contributed by atoms with Gasteiger partial charge in [-0.1, -0.05) is 26.8 Å². The first-order valence-corrected chi connectivity index (χ1v) is 8.74. The minimum absolute atomic E-state index is 0.00989. The van der Waals surface area contributed by atoms with Crippen LogP contribution in [0.4, 0.5) is 8.78 Å². The van der Waals surface area contributed by atoms with Crippen LogP contribution in [0.3, 0.4) is 0 Å². The van der Waals surface area contributed by atoms with Crippen molar-refractivity contribution in [1.29, 1.82) is 0 Å². The van der Waals surface area contributed by atoms with Crippen LogP contribution in [0.5, 0.6) is 5.75 Å². The number of amides is 1. The molecule has 0 radical (unpaired) electrons. The van der Waals surface area contributed by atoms with Gasteiger partial charge in [0.25, 0.3) is 0 Å². The number of carbonyl (C=O) groups excluding carboxylic acids is 1. The van der Waals surface area contributed by atoms with Gasteiger partial charge in [0, 0.05) is 4.75 Å². The fraction of sp³-hybridized carbons (Fsp3) is 0.588. The lowest BCUT2D eigenvalue weighted by Crippen LogP contribution is -2.33. The lowest BCUT2D eigenvalue weighted by atomic mass is 9.87. The molecular weight excluding hydrogens is 320 g/mol. The van der Waals surface area contributed by atoms with E-state index < -0.39 is 6.61 Å². The quantitative estimate of drug-likeness (QED) is 0.865. The summed E-state index contributed by atoms with van der Waals surface area (Å²) in [6.07, 6.45) is 2.61. The lowest BCUT2D eigenvalue weighted by molar-refractivity contribution is -0.119. The summed E-state index contributed by atoms with van der Waals surface area (Å²) in [6.45, 7) is 3.41. The van der Waals surface area contributed by atoms with Gasteiger partial charge in [0.15, 0.2) is 0 Å². The number of hydrogen-bond acceptors (Lipinski definition) is 3. The van der Waals surface area contributed by atoms with Gasteiger partial charge in [-0.05, 0) is 42.5 Å². The smallest absolute Gasteiger partial charge is 0.387 e. The van der Waals surface area contributed by atoms with E-state index in [1.54, 1.807) is 30.0 Å². The van der Waals surface area contributed by atoms with E-state index in [9.17, 15) is 13.6 Å². The minimum Gasteiger partial charge on any atom is -0.435 e. The Kier molecular flexibility index (Phi) is 5.89. The van der Waals surface area contributed by atoms with Gasteiger partial charge in [0.2, 0.25) is 5.91 Å². The van der Waals surface area contributed by atoms with Crippen LogP contribution in [0.2, 0.25) is 0 Å². The molecule has 0 saturated carbocycles. The molecule has 3 nitrogen and oxygen atoms in total. The van der Waals surface area contributed by atoms with E-state index in [1.807, 2.05) is 0 Å². The monoisotopic (exact) mass is 343 g/mol. The number of aryl methyl sites for hydroxylation is 1. The molecule has 0 spiro atoms. The molecule has 2 rings (SSSR count). The Morgan fingerprint density at radius 2 is 2.17 bits per heavy atom. The van der Waals surface area contributed by atoms with Gasteiger partial charge >= 0.3 is 6.61 Å². The normalized spacial score (nSPS) is 17.7. The highest BCUT2D eigenvalue weighted by molar-refractivity contribution is 8.01. The van der Waals surface area contributed by atoms with E-state index in [2.05, 4.69) is 30.8 Å². The Balaban J connectivity index is 2.02. The van der Waals surface area contributed by atoms with Crippen molar-refractivity contribution >= 4 is 17.7 Å². The zero-order chi connectivity index (χ0) is 17.0. The second-order valence-electron chi connectivity index (χ2n) is 6.65. The minimum atomic E-state index is -2.82. The molecule has 0 bridgehead atoms. The number of thioether (sulfide) groups is 1. The average Bonchev–Trinajstić information content (AvgIpc) is 2.44. The third-order valence-corrected chi connectivity index (χ3v) is 4.90. The molecule has 6 heteroatoms. The van der Waals surface area contributed by atoms with Gasteiger partial charge in [-0.2, -0.15) is 8.78 Å². The van der Waals surface area contributed by atoms with E-state index in [-0.39, 0.29) is 22.4 Å². The van der Waals surface area contributed by atoms with Crippen LogP contribution in [0.25, 0.3) is 0 Å². The van der Waals surface area contributed by atoms with Crippen molar-refractivity contribution in [2.75, 3.05) is 5.75 Å². The van der Waals surface area contributed by atoms with Crippen molar-refractivity contribution in [1.82, 2.24) is 5.32 Å². The summed E-state index contributed by atoms with van der Waals surface area (Å²) in [7, 11) is 0. The summed E-state index contributed by atoms with van der Waals surface area (Å²) in [4.78, 5) is 12.1. The summed E-state index contributed by atoms with van der Waals surface area (Å²) in [6, 6.07) is 4.93. The molecule has 0 aliphatic heterocycles. The number of alkyl halides is 2. The maximum atomic E-state index is 12.3. The number of rotatable bonds is 5. The van der Waals surface area contributed by atoms with Crippen LogP contribution < -0.4 is 10.1 Å². The third kappa shape index (κ3) is 5.68. The van der Waals surface area contributed by atoms with Crippen molar-refractivity contribution in [3.05, 3.63) is 29.3 Å². The largest absolute Gasteiger partial charge is 0.435 e. The third-order valence-electron chi connectivity index (χ3n) is 3.63. The summed E-state index contributed by atoms with van der Waals surface area (Å²) >= 11 is 1.61. The van der Waals surface area contributed by atoms with E-state index in [1.165, 1.54) is 0 Å². The number of benzene rings is 1. The van der Waals surface area contributed by atoms with Crippen molar-refractivity contribution in [3.63, 3.8) is 0 Å². The molecule has 1 aromatic carbocycles. The van der Waals surface area contributed by atoms with Gasteiger partial charge in [-0.15, -0.1) is 11.8 Å². The van der Waals surface area contributed by atoms with Gasteiger partial charge in [0.1, 0.15) is 5.75 Å². The second-order valence-corrected chi connectivity index (χ2v) is 8.45. The van der Waals surface area contributed by atoms with E-state index >= 15 is 0 Å². The lowest BCUT2D eigenvalue weighted by Gasteiger charge is -2.27. The Bertz CT molecular complexity index is 558. The van der Waals surface area contributed by atoms with Crippen LogP contribution in [-0.4, -0.2) is 23.0 Å². The van der Waals surface area contributed by atoms with Crippen LogP contribution in [0.15, 0.2) is 18.2 Å². The van der Waals surface area contributed by atoms with E-state index in [0.29, 0.717) is 5.75 Å². The average molecular weight is 343 g/mol. The molecule has 1 aliphatic rings. The number of ether oxygens (including phenoxy) is 1. The Morgan fingerprint density at radius 1 is 1.43 bits per heavy atom. The van der Waals surface area contributed by atoms with Gasteiger partial charge in [-0.25, -0.2) is 0 Å². The molecule has 1 amide bonds. The topological polar surface area (TPSA) is 38.3 Å². The highest BCUT2D eigenvalue weighted by Gasteiger charge is 2.23. The summed E-state index contributed by atoms with van der Waals surface area (Å²) in [5.41, 5.74) is 1.98. The summed E-state index contributed by atoms with van der Waals surface area (Å²) < 4.78 is 29.1. The van der Waals surface area contributed by atoms with Crippen molar-refractivity contribution in [3.8, 4) is 5.75 Å². The summed E-state index contributed by atoms with van der Waals surface area (Å²) in [5, 5.41) is 3.06. The molecule has 0 saturated heterocycles. The SMILES string of the molecule is CC(C)(C)SCC(=O)NC1CCCc2cc(OC(F)F)ccc21. The molecule has 0 fully saturated rings. The molecular formula is C17H23F2NO2S. The van der Waals surface area contributed by atoms with Crippen LogP contribution in [0.1, 0.15) is 50.8 Å². The predicted molar refractivity (Wildman–Crippen MR) is 89.1 cm³/mol. The molecule has 1 atom stereocenters. The van der Waals surface area contributed by atoms with Gasteiger partial charge in [-0.3, -0.25) is 4.79 Å². The fourth-order valence-electron chi connectivity index (χ4n) is 2.63. The molecule has 1 aromatic rings. The van der Waals surface area contributed by atoms with E-state index in [0.717, 1.165) is 30.4 Å². The molecule has 23 heavy (non-hydrogen) atoms. The summed E-state index contributed by atoms with van der Waals surface area (Å²) in [5.74, 6) is 0.603. The second kappa shape index (κ2) is 7.51. The zero-order valence-electron chi connectivity index (χ0n) is 13.7. The Morgan fingerprint density at radius 3 is 2.83 bits per heavy atom. The number of fused-ring (bicyclic) bond motifs is 1. The van der Waals surface area contributed by atoms with E-state index in [4.69, 9.17) is 0 Å². The predicted octanol–water partition coefficient (Wildman–Crippen LogP) is 4.31. The standard InChI is InChI=1S/C17H23F2NO2S/c1-17(2,3)23-10-15(21)20-14-6-4-5-11-9-12(22-16(18)19)7-8-13(11)14/h7-9,14,16H,4-6,10H2,1-3H3,(H,20,21). The first-order chi connectivity index (χ1) is 10.7. The molecule has 1 N–H and O–H groups in total. The maximum absolute atomic E-state index is 12.3. The fourth-order valence-corrected chi connectivity index (χ4v) is 3.28. The van der Waals surface area contributed by atoms with Crippen molar-refractivity contribution in [2.24, 2.45) is 0 Å². The number of carbonyl (C=O) groups is 1. The molecule has 0 heterocycles. The first kappa shape index (κ1) is 18.0. The van der Waals surface area contributed by atoms with Crippen LogP contribution in [0, 0.1) is 0 Å². The van der Waals surface area contributed by atoms with Crippen LogP contribution in [-0.2, 0) is 11.2 Å². The highest BCUT2D eigenvalue weighted by Crippen LogP contribution is 2.33. The molecule has 0 aromatic heterocycles. The van der Waals surface area contributed by atoms with Gasteiger partial charge in [0.05, 0.1) is 11.8 Å². The number of hydrogen-bond donors (Lipinski definition) is 1.